The highest BCUT2D eigenvalue weighted by Gasteiger charge is 1.99. The zero-order valence-corrected chi connectivity index (χ0v) is 7.32. The van der Waals surface area contributed by atoms with Gasteiger partial charge in [0.15, 0.2) is 0 Å². The van der Waals surface area contributed by atoms with Crippen molar-refractivity contribution in [2.45, 2.75) is 0 Å². The summed E-state index contributed by atoms with van der Waals surface area (Å²) in [4.78, 5) is 10.1. The summed E-state index contributed by atoms with van der Waals surface area (Å²) in [6, 6.07) is 4.42. The number of carboxylic acid groups (broad SMARTS) is 1. The Morgan fingerprint density at radius 2 is 2.08 bits per heavy atom. The molecule has 3 nitrogen and oxygen atoms in total. The molecule has 0 fully saturated rings. The van der Waals surface area contributed by atoms with Crippen LogP contribution in [0.15, 0.2) is 18.2 Å². The third-order valence-electron chi connectivity index (χ3n) is 1.17. The van der Waals surface area contributed by atoms with E-state index in [1.807, 2.05) is 5.32 Å². The number of carbonyl (C=O) groups excluding carboxylic acids is 1. The fourth-order valence-electron chi connectivity index (χ4n) is 0.701. The molecule has 0 heterocycles. The smallest absolute Gasteiger partial charge is 0.138 e. The Hall–Kier alpha value is -0.930. The Balaban J connectivity index is 2.93. The number of hydrogen-bond donors (Lipinski definition) is 1. The van der Waals surface area contributed by atoms with Gasteiger partial charge in [0, 0.05) is 5.02 Å². The molecule has 1 aromatic rings. The first kappa shape index (κ1) is 9.16. The van der Waals surface area contributed by atoms with Gasteiger partial charge in [0.1, 0.15) is 6.09 Å². The summed E-state index contributed by atoms with van der Waals surface area (Å²) >= 11 is 11.2. The standard InChI is InChI=1S/C7H5Cl2NO2/c8-4-1-2-6(5(9)3-4)10-7(11)12/h1-3,10H,(H,11,12)/p-1. The molecule has 0 aromatic heterocycles. The van der Waals surface area contributed by atoms with Crippen LogP contribution in [0.25, 0.3) is 0 Å². The van der Waals surface area contributed by atoms with Gasteiger partial charge < -0.3 is 15.2 Å². The number of hydrogen-bond acceptors (Lipinski definition) is 2. The molecule has 0 unspecified atom stereocenters. The fraction of sp³-hybridized carbons (Fsp3) is 0. The maximum absolute atomic E-state index is 10.1. The molecular weight excluding hydrogens is 201 g/mol. The normalized spacial score (nSPS) is 9.50. The molecule has 0 bridgehead atoms. The van der Waals surface area contributed by atoms with Crippen LogP contribution < -0.4 is 10.4 Å². The first-order valence-corrected chi connectivity index (χ1v) is 3.78. The molecular formula is C7H4Cl2NO2-. The van der Waals surface area contributed by atoms with Crippen molar-refractivity contribution < 1.29 is 9.90 Å². The molecule has 1 amide bonds. The van der Waals surface area contributed by atoms with Gasteiger partial charge >= 0.3 is 0 Å². The SMILES string of the molecule is O=C([O-])Nc1ccc(Cl)cc1Cl. The van der Waals surface area contributed by atoms with Gasteiger partial charge in [0.25, 0.3) is 0 Å². The van der Waals surface area contributed by atoms with Crippen LogP contribution in [0.1, 0.15) is 0 Å². The second kappa shape index (κ2) is 3.65. The first-order chi connectivity index (χ1) is 5.59. The van der Waals surface area contributed by atoms with Crippen LogP contribution >= 0.6 is 23.2 Å². The van der Waals surface area contributed by atoms with E-state index >= 15 is 0 Å². The summed E-state index contributed by atoms with van der Waals surface area (Å²) in [5.74, 6) is 0. The van der Waals surface area contributed by atoms with E-state index in [-0.39, 0.29) is 10.7 Å². The van der Waals surface area contributed by atoms with Crippen LogP contribution in [-0.4, -0.2) is 6.09 Å². The van der Waals surface area contributed by atoms with E-state index < -0.39 is 6.09 Å². The molecule has 1 N–H and O–H groups in total. The molecule has 0 atom stereocenters. The van der Waals surface area contributed by atoms with Crippen molar-refractivity contribution >= 4 is 35.0 Å². The molecule has 64 valence electrons. The molecule has 1 aromatic carbocycles. The highest BCUT2D eigenvalue weighted by molar-refractivity contribution is 6.36. The minimum atomic E-state index is -1.40. The van der Waals surface area contributed by atoms with Gasteiger partial charge in [-0.1, -0.05) is 23.2 Å². The molecule has 0 saturated carbocycles. The van der Waals surface area contributed by atoms with Crippen LogP contribution in [0.2, 0.25) is 10.0 Å². The Kier molecular flexibility index (Phi) is 2.78. The summed E-state index contributed by atoms with van der Waals surface area (Å²) in [5, 5.41) is 12.8. The first-order valence-electron chi connectivity index (χ1n) is 3.02. The van der Waals surface area contributed by atoms with Crippen LogP contribution in [0.4, 0.5) is 10.5 Å². The van der Waals surface area contributed by atoms with E-state index in [0.29, 0.717) is 5.02 Å². The quantitative estimate of drug-likeness (QED) is 0.759. The van der Waals surface area contributed by atoms with E-state index in [1.54, 1.807) is 0 Å². The van der Waals surface area contributed by atoms with Crippen molar-refractivity contribution in [1.82, 2.24) is 0 Å². The topological polar surface area (TPSA) is 52.2 Å². The van der Waals surface area contributed by atoms with Crippen molar-refractivity contribution in [2.75, 3.05) is 5.32 Å². The second-order valence-corrected chi connectivity index (χ2v) is 2.88. The molecule has 0 aliphatic carbocycles. The summed E-state index contributed by atoms with van der Waals surface area (Å²) in [6.45, 7) is 0. The Bertz CT molecular complexity index is 314. The average Bonchev–Trinajstić information content (AvgIpc) is 1.94. The number of rotatable bonds is 1. The highest BCUT2D eigenvalue weighted by Crippen LogP contribution is 2.24. The summed E-state index contributed by atoms with van der Waals surface area (Å²) < 4.78 is 0. The van der Waals surface area contributed by atoms with E-state index in [4.69, 9.17) is 23.2 Å². The number of amides is 1. The lowest BCUT2D eigenvalue weighted by Crippen LogP contribution is -2.28. The predicted octanol–water partition coefficient (Wildman–Crippen LogP) is 1.75. The molecule has 0 aliphatic heterocycles. The molecule has 12 heavy (non-hydrogen) atoms. The molecule has 0 aliphatic rings. The molecule has 0 radical (unpaired) electrons. The highest BCUT2D eigenvalue weighted by atomic mass is 35.5. The van der Waals surface area contributed by atoms with Crippen molar-refractivity contribution in [1.29, 1.82) is 0 Å². The Morgan fingerprint density at radius 1 is 1.42 bits per heavy atom. The fourth-order valence-corrected chi connectivity index (χ4v) is 1.16. The van der Waals surface area contributed by atoms with Crippen molar-refractivity contribution in [2.24, 2.45) is 0 Å². The lowest BCUT2D eigenvalue weighted by atomic mass is 10.3. The van der Waals surface area contributed by atoms with Gasteiger partial charge in [-0.05, 0) is 18.2 Å². The van der Waals surface area contributed by atoms with E-state index in [0.717, 1.165) is 0 Å². The van der Waals surface area contributed by atoms with Gasteiger partial charge in [0.05, 0.1) is 10.7 Å². The lowest BCUT2D eigenvalue weighted by molar-refractivity contribution is -0.242. The summed E-state index contributed by atoms with van der Waals surface area (Å²) in [6.07, 6.45) is -1.40. The van der Waals surface area contributed by atoms with Crippen LogP contribution in [0, 0.1) is 0 Å². The van der Waals surface area contributed by atoms with Gasteiger partial charge in [-0.15, -0.1) is 0 Å². The molecule has 5 heteroatoms. The van der Waals surface area contributed by atoms with Crippen LogP contribution in [-0.2, 0) is 0 Å². The molecule has 1 rings (SSSR count). The maximum atomic E-state index is 10.1. The third-order valence-corrected chi connectivity index (χ3v) is 1.72. The number of carbonyl (C=O) groups is 1. The number of halogens is 2. The Labute approximate surface area is 78.9 Å². The largest absolute Gasteiger partial charge is 0.530 e. The van der Waals surface area contributed by atoms with Crippen molar-refractivity contribution in [3.8, 4) is 0 Å². The summed E-state index contributed by atoms with van der Waals surface area (Å²) in [7, 11) is 0. The van der Waals surface area contributed by atoms with Crippen LogP contribution in [0.5, 0.6) is 0 Å². The zero-order chi connectivity index (χ0) is 9.14. The summed E-state index contributed by atoms with van der Waals surface area (Å²) in [5.41, 5.74) is 0.265. The minimum absolute atomic E-state index is 0.242. The second-order valence-electron chi connectivity index (χ2n) is 2.04. The van der Waals surface area contributed by atoms with Gasteiger partial charge in [-0.3, -0.25) is 0 Å². The number of nitrogens with one attached hydrogen (secondary N) is 1. The lowest BCUT2D eigenvalue weighted by Gasteiger charge is -2.07. The monoisotopic (exact) mass is 204 g/mol. The van der Waals surface area contributed by atoms with E-state index in [2.05, 4.69) is 0 Å². The molecule has 0 saturated heterocycles. The van der Waals surface area contributed by atoms with Gasteiger partial charge in [-0.2, -0.15) is 0 Å². The third kappa shape index (κ3) is 2.29. The van der Waals surface area contributed by atoms with Crippen LogP contribution in [0.3, 0.4) is 0 Å². The number of benzene rings is 1. The van der Waals surface area contributed by atoms with Gasteiger partial charge in [0.2, 0.25) is 0 Å². The zero-order valence-electron chi connectivity index (χ0n) is 5.80. The van der Waals surface area contributed by atoms with Crippen molar-refractivity contribution in [3.05, 3.63) is 28.2 Å². The molecule has 0 spiro atoms. The Morgan fingerprint density at radius 3 is 2.58 bits per heavy atom. The van der Waals surface area contributed by atoms with E-state index in [9.17, 15) is 9.90 Å². The minimum Gasteiger partial charge on any atom is -0.530 e. The van der Waals surface area contributed by atoms with E-state index in [1.165, 1.54) is 18.2 Å². The predicted molar refractivity (Wildman–Crippen MR) is 45.5 cm³/mol. The average molecular weight is 205 g/mol. The maximum Gasteiger partial charge on any atom is 0.138 e. The van der Waals surface area contributed by atoms with Gasteiger partial charge in [-0.25, -0.2) is 0 Å². The number of anilines is 1. The van der Waals surface area contributed by atoms with Crippen molar-refractivity contribution in [3.63, 3.8) is 0 Å².